The Kier molecular flexibility index (Phi) is 2.99. The molecular weight excluding hydrogens is 298 g/mol. The number of aromatic nitrogens is 3. The second-order valence-electron chi connectivity index (χ2n) is 5.06. The van der Waals surface area contributed by atoms with Crippen molar-refractivity contribution >= 4 is 21.3 Å². The Morgan fingerprint density at radius 1 is 1.43 bits per heavy atom. The highest BCUT2D eigenvalue weighted by molar-refractivity contribution is 7.85. The maximum absolute atomic E-state index is 12.2. The summed E-state index contributed by atoms with van der Waals surface area (Å²) in [7, 11) is -3.62. The molecule has 0 spiro atoms. The zero-order chi connectivity index (χ0) is 15.4. The SMILES string of the molecule is Cc1cc2ncc(=O)n3c2n(c1=O)CC3COS(C)(=O)=O. The van der Waals surface area contributed by atoms with Crippen LogP contribution in [0.25, 0.3) is 11.2 Å². The summed E-state index contributed by atoms with van der Waals surface area (Å²) in [5.41, 5.74) is 0.836. The summed E-state index contributed by atoms with van der Waals surface area (Å²) in [6, 6.07) is 1.07. The lowest BCUT2D eigenvalue weighted by atomic mass is 10.3. The van der Waals surface area contributed by atoms with Gasteiger partial charge in [-0.3, -0.25) is 22.9 Å². The highest BCUT2D eigenvalue weighted by atomic mass is 32.2. The molecule has 1 unspecified atom stereocenters. The lowest BCUT2D eigenvalue weighted by Crippen LogP contribution is -2.26. The van der Waals surface area contributed by atoms with E-state index < -0.39 is 16.2 Å². The minimum Gasteiger partial charge on any atom is -0.290 e. The minimum absolute atomic E-state index is 0.188. The summed E-state index contributed by atoms with van der Waals surface area (Å²) in [5, 5.41) is 0. The summed E-state index contributed by atoms with van der Waals surface area (Å²) in [4.78, 5) is 28.2. The van der Waals surface area contributed by atoms with Crippen LogP contribution in [-0.4, -0.2) is 35.4 Å². The molecule has 0 amide bonds. The van der Waals surface area contributed by atoms with E-state index in [1.807, 2.05) is 0 Å². The van der Waals surface area contributed by atoms with Crippen molar-refractivity contribution in [3.63, 3.8) is 0 Å². The highest BCUT2D eigenvalue weighted by Gasteiger charge is 2.28. The van der Waals surface area contributed by atoms with Crippen LogP contribution < -0.4 is 11.1 Å². The molecule has 0 bridgehead atoms. The first-order valence-electron chi connectivity index (χ1n) is 6.24. The molecular formula is C12H13N3O5S. The van der Waals surface area contributed by atoms with Gasteiger partial charge in [0.15, 0.2) is 0 Å². The molecule has 0 fully saturated rings. The van der Waals surface area contributed by atoms with Gasteiger partial charge < -0.3 is 0 Å². The van der Waals surface area contributed by atoms with Gasteiger partial charge in [-0.1, -0.05) is 0 Å². The maximum atomic E-state index is 12.2. The number of hydrogen-bond donors (Lipinski definition) is 0. The zero-order valence-corrected chi connectivity index (χ0v) is 12.3. The molecule has 3 heterocycles. The second kappa shape index (κ2) is 4.50. The summed E-state index contributed by atoms with van der Waals surface area (Å²) in [6.45, 7) is 1.66. The van der Waals surface area contributed by atoms with E-state index >= 15 is 0 Å². The van der Waals surface area contributed by atoms with Crippen molar-refractivity contribution in [1.29, 1.82) is 0 Å². The molecule has 0 saturated carbocycles. The van der Waals surface area contributed by atoms with E-state index in [0.717, 1.165) is 12.5 Å². The third-order valence-corrected chi connectivity index (χ3v) is 4.00. The smallest absolute Gasteiger partial charge is 0.271 e. The van der Waals surface area contributed by atoms with Crippen LogP contribution >= 0.6 is 0 Å². The van der Waals surface area contributed by atoms with Crippen molar-refractivity contribution in [1.82, 2.24) is 14.1 Å². The van der Waals surface area contributed by atoms with Gasteiger partial charge in [0, 0.05) is 5.56 Å². The van der Waals surface area contributed by atoms with Gasteiger partial charge >= 0.3 is 0 Å². The Morgan fingerprint density at radius 2 is 2.14 bits per heavy atom. The summed E-state index contributed by atoms with van der Waals surface area (Å²) in [6.07, 6.45) is 2.10. The van der Waals surface area contributed by atoms with Crippen molar-refractivity contribution in [2.45, 2.75) is 19.5 Å². The Bertz CT molecular complexity index is 957. The molecule has 0 aliphatic carbocycles. The third-order valence-electron chi connectivity index (χ3n) is 3.43. The molecule has 2 aromatic rings. The Balaban J connectivity index is 2.19. The van der Waals surface area contributed by atoms with E-state index in [2.05, 4.69) is 4.98 Å². The minimum atomic E-state index is -3.62. The summed E-state index contributed by atoms with van der Waals surface area (Å²) >= 11 is 0. The Labute approximate surface area is 119 Å². The molecule has 1 aliphatic rings. The van der Waals surface area contributed by atoms with E-state index in [1.165, 1.54) is 9.13 Å². The average Bonchev–Trinajstić information content (AvgIpc) is 2.78. The summed E-state index contributed by atoms with van der Waals surface area (Å²) < 4.78 is 29.8. The van der Waals surface area contributed by atoms with Crippen molar-refractivity contribution in [3.05, 3.63) is 38.5 Å². The van der Waals surface area contributed by atoms with E-state index in [0.29, 0.717) is 16.7 Å². The van der Waals surface area contributed by atoms with Crippen LogP contribution in [0.1, 0.15) is 11.6 Å². The first-order valence-corrected chi connectivity index (χ1v) is 8.05. The van der Waals surface area contributed by atoms with E-state index in [9.17, 15) is 18.0 Å². The van der Waals surface area contributed by atoms with Crippen LogP contribution in [0.15, 0.2) is 21.9 Å². The van der Waals surface area contributed by atoms with Gasteiger partial charge in [0.25, 0.3) is 21.2 Å². The lowest BCUT2D eigenvalue weighted by molar-refractivity contribution is 0.253. The normalized spacial score (nSPS) is 17.5. The van der Waals surface area contributed by atoms with Crippen molar-refractivity contribution in [2.75, 3.05) is 12.9 Å². The van der Waals surface area contributed by atoms with Crippen LogP contribution in [-0.2, 0) is 20.8 Å². The van der Waals surface area contributed by atoms with Crippen LogP contribution in [0.3, 0.4) is 0 Å². The van der Waals surface area contributed by atoms with E-state index in [-0.39, 0.29) is 24.3 Å². The molecule has 21 heavy (non-hydrogen) atoms. The molecule has 2 aromatic heterocycles. The molecule has 8 nitrogen and oxygen atoms in total. The van der Waals surface area contributed by atoms with Gasteiger partial charge in [0.05, 0.1) is 31.6 Å². The first-order chi connectivity index (χ1) is 9.78. The Hall–Kier alpha value is -2.00. The largest absolute Gasteiger partial charge is 0.290 e. The first kappa shape index (κ1) is 14.0. The fourth-order valence-corrected chi connectivity index (χ4v) is 2.97. The zero-order valence-electron chi connectivity index (χ0n) is 11.4. The van der Waals surface area contributed by atoms with Gasteiger partial charge in [0.1, 0.15) is 11.2 Å². The van der Waals surface area contributed by atoms with Crippen LogP contribution in [0.5, 0.6) is 0 Å². The predicted octanol–water partition coefficient (Wildman–Crippen LogP) is -0.602. The topological polar surface area (TPSA) is 100 Å². The molecule has 112 valence electrons. The Morgan fingerprint density at radius 3 is 2.81 bits per heavy atom. The van der Waals surface area contributed by atoms with E-state index in [4.69, 9.17) is 4.18 Å². The van der Waals surface area contributed by atoms with Crippen LogP contribution in [0.2, 0.25) is 0 Å². The predicted molar refractivity (Wildman–Crippen MR) is 74.8 cm³/mol. The number of pyridine rings is 1. The van der Waals surface area contributed by atoms with E-state index in [1.54, 1.807) is 13.0 Å². The number of hydrogen-bond acceptors (Lipinski definition) is 6. The van der Waals surface area contributed by atoms with Gasteiger partial charge in [-0.05, 0) is 13.0 Å². The summed E-state index contributed by atoms with van der Waals surface area (Å²) in [5.74, 6) is 0. The molecule has 0 N–H and O–H groups in total. The number of nitrogens with zero attached hydrogens (tertiary/aromatic N) is 3. The molecule has 3 rings (SSSR count). The monoisotopic (exact) mass is 311 g/mol. The lowest BCUT2D eigenvalue weighted by Gasteiger charge is -2.11. The molecule has 0 aromatic carbocycles. The van der Waals surface area contributed by atoms with Crippen LogP contribution in [0.4, 0.5) is 0 Å². The average molecular weight is 311 g/mol. The van der Waals surface area contributed by atoms with Crippen LogP contribution in [0, 0.1) is 6.92 Å². The molecule has 9 heteroatoms. The molecule has 1 aliphatic heterocycles. The van der Waals surface area contributed by atoms with Crippen molar-refractivity contribution < 1.29 is 12.6 Å². The van der Waals surface area contributed by atoms with Gasteiger partial charge in [-0.2, -0.15) is 8.42 Å². The van der Waals surface area contributed by atoms with Crippen molar-refractivity contribution in [3.8, 4) is 0 Å². The molecule has 0 saturated heterocycles. The fourth-order valence-electron chi connectivity index (χ4n) is 2.56. The maximum Gasteiger partial charge on any atom is 0.271 e. The van der Waals surface area contributed by atoms with Gasteiger partial charge in [0.2, 0.25) is 0 Å². The highest BCUT2D eigenvalue weighted by Crippen LogP contribution is 2.23. The van der Waals surface area contributed by atoms with Crippen molar-refractivity contribution in [2.24, 2.45) is 0 Å². The second-order valence-corrected chi connectivity index (χ2v) is 6.70. The fraction of sp³-hybridized carbons (Fsp3) is 0.417. The third kappa shape index (κ3) is 2.28. The number of aryl methyl sites for hydroxylation is 1. The van der Waals surface area contributed by atoms with Gasteiger partial charge in [-0.25, -0.2) is 4.98 Å². The molecule has 1 atom stereocenters. The molecule has 0 radical (unpaired) electrons. The number of rotatable bonds is 3. The standard InChI is InChI=1S/C12H13N3O5S/c1-7-3-9-11-14(12(7)17)5-8(6-20-21(2,18)19)15(11)10(16)4-13-9/h3-4,8H,5-6H2,1-2H3. The van der Waals surface area contributed by atoms with Gasteiger partial charge in [-0.15, -0.1) is 0 Å². The quantitative estimate of drug-likeness (QED) is 0.702.